The highest BCUT2D eigenvalue weighted by molar-refractivity contribution is 5.70. The van der Waals surface area contributed by atoms with E-state index in [0.29, 0.717) is 0 Å². The normalized spacial score (nSPS) is 21.1. The van der Waals surface area contributed by atoms with Crippen LogP contribution in [0.25, 0.3) is 11.1 Å². The van der Waals surface area contributed by atoms with Gasteiger partial charge in [0.05, 0.1) is 26.2 Å². The largest absolute Gasteiger partial charge is 0.493 e. The molecular weight excluding hydrogens is 282 g/mol. The van der Waals surface area contributed by atoms with Gasteiger partial charge in [-0.05, 0) is 24.5 Å². The molecule has 2 heteroatoms. The van der Waals surface area contributed by atoms with E-state index in [1.165, 1.54) is 43.6 Å². The molecule has 2 aromatic rings. The highest BCUT2D eigenvalue weighted by Crippen LogP contribution is 2.29. The third-order valence-electron chi connectivity index (χ3n) is 4.77. The zero-order valence-corrected chi connectivity index (χ0v) is 14.1. The number of hydrogen-bond acceptors (Lipinski definition) is 1. The molecule has 1 aliphatic heterocycles. The summed E-state index contributed by atoms with van der Waals surface area (Å²) in [6, 6.07) is 18.8. The van der Waals surface area contributed by atoms with Gasteiger partial charge in [-0.2, -0.15) is 0 Å². The lowest BCUT2D eigenvalue weighted by Crippen LogP contribution is -3.13. The lowest BCUT2D eigenvalue weighted by Gasteiger charge is -2.27. The third kappa shape index (κ3) is 4.59. The van der Waals surface area contributed by atoms with Crippen molar-refractivity contribution in [1.82, 2.24) is 0 Å². The van der Waals surface area contributed by atoms with E-state index in [1.54, 1.807) is 4.90 Å². The quantitative estimate of drug-likeness (QED) is 0.807. The molecule has 3 rings (SSSR count). The number of nitrogens with one attached hydrogen (secondary N) is 1. The smallest absolute Gasteiger partial charge is 0.127 e. The average molecular weight is 310 g/mol. The van der Waals surface area contributed by atoms with Crippen LogP contribution in [0.15, 0.2) is 54.6 Å². The predicted molar refractivity (Wildman–Crippen MR) is 96.0 cm³/mol. The third-order valence-corrected chi connectivity index (χ3v) is 4.77. The van der Waals surface area contributed by atoms with Gasteiger partial charge in [-0.1, -0.05) is 55.5 Å². The number of likely N-dealkylation sites (tertiary alicyclic amines) is 1. The van der Waals surface area contributed by atoms with Gasteiger partial charge in [-0.3, -0.25) is 0 Å². The molecule has 0 aromatic heterocycles. The van der Waals surface area contributed by atoms with E-state index in [2.05, 4.69) is 61.5 Å². The number of rotatable bonds is 6. The molecule has 2 atom stereocenters. The molecule has 0 radical (unpaired) electrons. The Labute approximate surface area is 140 Å². The molecule has 1 aliphatic rings. The van der Waals surface area contributed by atoms with Gasteiger partial charge in [0.15, 0.2) is 0 Å². The first-order chi connectivity index (χ1) is 11.3. The molecule has 0 amide bonds. The maximum Gasteiger partial charge on any atom is 0.127 e. The molecule has 1 heterocycles. The van der Waals surface area contributed by atoms with Crippen molar-refractivity contribution < 1.29 is 9.64 Å². The topological polar surface area (TPSA) is 13.7 Å². The summed E-state index contributed by atoms with van der Waals surface area (Å²) in [6.07, 6.45) is 3.92. The van der Waals surface area contributed by atoms with Crippen LogP contribution in [0.3, 0.4) is 0 Å². The Morgan fingerprint density at radius 2 is 1.83 bits per heavy atom. The molecular formula is C21H28NO+. The highest BCUT2D eigenvalue weighted by atomic mass is 16.5. The van der Waals surface area contributed by atoms with E-state index in [9.17, 15) is 0 Å². The number of benzene rings is 2. The molecule has 0 bridgehead atoms. The molecule has 1 fully saturated rings. The van der Waals surface area contributed by atoms with Crippen LogP contribution in [0.5, 0.6) is 5.75 Å². The summed E-state index contributed by atoms with van der Waals surface area (Å²) >= 11 is 0. The van der Waals surface area contributed by atoms with Crippen LogP contribution in [0.2, 0.25) is 0 Å². The van der Waals surface area contributed by atoms with Crippen molar-refractivity contribution in [1.29, 1.82) is 0 Å². The Bertz CT molecular complexity index is 596. The summed E-state index contributed by atoms with van der Waals surface area (Å²) in [5.41, 5.74) is 2.41. The number of piperidine rings is 1. The summed E-state index contributed by atoms with van der Waals surface area (Å²) in [6.45, 7) is 7.09. The van der Waals surface area contributed by atoms with Crippen LogP contribution in [-0.2, 0) is 0 Å². The van der Waals surface area contributed by atoms with Crippen molar-refractivity contribution in [3.63, 3.8) is 0 Å². The van der Waals surface area contributed by atoms with Crippen LogP contribution < -0.4 is 9.64 Å². The lowest BCUT2D eigenvalue weighted by molar-refractivity contribution is -0.908. The molecule has 23 heavy (non-hydrogen) atoms. The number of hydrogen-bond donors (Lipinski definition) is 1. The molecule has 122 valence electrons. The van der Waals surface area contributed by atoms with Crippen LogP contribution >= 0.6 is 0 Å². The van der Waals surface area contributed by atoms with Gasteiger partial charge in [-0.25, -0.2) is 0 Å². The van der Waals surface area contributed by atoms with Crippen molar-refractivity contribution in [3.05, 3.63) is 54.6 Å². The minimum atomic E-state index is 0.807. The van der Waals surface area contributed by atoms with Crippen LogP contribution in [0.1, 0.15) is 26.2 Å². The first-order valence-electron chi connectivity index (χ1n) is 8.94. The summed E-state index contributed by atoms with van der Waals surface area (Å²) in [7, 11) is 0. The Balaban J connectivity index is 1.53. The van der Waals surface area contributed by atoms with Crippen molar-refractivity contribution in [2.24, 2.45) is 5.92 Å². The molecule has 0 spiro atoms. The average Bonchev–Trinajstić information content (AvgIpc) is 2.60. The first kappa shape index (κ1) is 16.1. The van der Waals surface area contributed by atoms with E-state index < -0.39 is 0 Å². The minimum absolute atomic E-state index is 0.807. The fourth-order valence-corrected chi connectivity index (χ4v) is 3.58. The SMILES string of the molecule is C[C@H]1CCC[NH+](CCCOc2ccccc2-c2ccccc2)C1. The van der Waals surface area contributed by atoms with Crippen molar-refractivity contribution in [3.8, 4) is 16.9 Å². The summed E-state index contributed by atoms with van der Waals surface area (Å²) < 4.78 is 6.10. The monoisotopic (exact) mass is 310 g/mol. The van der Waals surface area contributed by atoms with Gasteiger partial charge in [0.25, 0.3) is 0 Å². The van der Waals surface area contributed by atoms with Gasteiger partial charge in [0.1, 0.15) is 5.75 Å². The second-order valence-electron chi connectivity index (χ2n) is 6.77. The highest BCUT2D eigenvalue weighted by Gasteiger charge is 2.18. The van der Waals surface area contributed by atoms with E-state index in [1.807, 2.05) is 0 Å². The molecule has 1 saturated heterocycles. The maximum absolute atomic E-state index is 6.10. The number of quaternary nitrogens is 1. The van der Waals surface area contributed by atoms with Gasteiger partial charge < -0.3 is 9.64 Å². The predicted octanol–water partition coefficient (Wildman–Crippen LogP) is 3.44. The standard InChI is InChI=1S/C21H27NO/c1-18-9-7-14-22(17-18)15-8-16-23-21-13-6-5-12-20(21)19-10-3-2-4-11-19/h2-6,10-13,18H,7-9,14-17H2,1H3/p+1/t18-/m0/s1. The Kier molecular flexibility index (Phi) is 5.71. The molecule has 2 aromatic carbocycles. The summed E-state index contributed by atoms with van der Waals surface area (Å²) in [4.78, 5) is 1.75. The van der Waals surface area contributed by atoms with E-state index >= 15 is 0 Å². The lowest BCUT2D eigenvalue weighted by atomic mass is 10.0. The first-order valence-corrected chi connectivity index (χ1v) is 8.94. The zero-order chi connectivity index (χ0) is 15.9. The second kappa shape index (κ2) is 8.16. The fraction of sp³-hybridized carbons (Fsp3) is 0.429. The molecule has 2 nitrogen and oxygen atoms in total. The molecule has 0 aliphatic carbocycles. The van der Waals surface area contributed by atoms with Crippen molar-refractivity contribution in [2.45, 2.75) is 26.2 Å². The molecule has 1 unspecified atom stereocenters. The number of para-hydroxylation sites is 1. The van der Waals surface area contributed by atoms with E-state index in [4.69, 9.17) is 4.74 Å². The second-order valence-corrected chi connectivity index (χ2v) is 6.77. The molecule has 1 N–H and O–H groups in total. The van der Waals surface area contributed by atoms with Gasteiger partial charge in [-0.15, -0.1) is 0 Å². The zero-order valence-electron chi connectivity index (χ0n) is 14.1. The Morgan fingerprint density at radius 1 is 1.04 bits per heavy atom. The molecule has 0 saturated carbocycles. The summed E-state index contributed by atoms with van der Waals surface area (Å²) in [5, 5.41) is 0. The van der Waals surface area contributed by atoms with Crippen LogP contribution in [0.4, 0.5) is 0 Å². The van der Waals surface area contributed by atoms with Gasteiger partial charge in [0, 0.05) is 17.9 Å². The number of ether oxygens (including phenoxy) is 1. The Hall–Kier alpha value is -1.80. The van der Waals surface area contributed by atoms with Gasteiger partial charge in [0.2, 0.25) is 0 Å². The minimum Gasteiger partial charge on any atom is -0.493 e. The van der Waals surface area contributed by atoms with Crippen molar-refractivity contribution >= 4 is 0 Å². The maximum atomic E-state index is 6.10. The fourth-order valence-electron chi connectivity index (χ4n) is 3.58. The summed E-state index contributed by atoms with van der Waals surface area (Å²) in [5.74, 6) is 1.89. The Morgan fingerprint density at radius 3 is 2.65 bits per heavy atom. The van der Waals surface area contributed by atoms with E-state index in [0.717, 1.165) is 24.7 Å². The van der Waals surface area contributed by atoms with Gasteiger partial charge >= 0.3 is 0 Å². The van der Waals surface area contributed by atoms with E-state index in [-0.39, 0.29) is 0 Å². The van der Waals surface area contributed by atoms with Crippen molar-refractivity contribution in [2.75, 3.05) is 26.2 Å². The van der Waals surface area contributed by atoms with Crippen LogP contribution in [0, 0.1) is 5.92 Å². The van der Waals surface area contributed by atoms with Crippen LogP contribution in [-0.4, -0.2) is 26.2 Å².